The number of rotatable bonds is 3. The number of ether oxygens (including phenoxy) is 1. The molecule has 1 spiro atoms. The Morgan fingerprint density at radius 1 is 1.33 bits per heavy atom. The van der Waals surface area contributed by atoms with Crippen molar-refractivity contribution >= 4 is 15.9 Å². The zero-order valence-electron chi connectivity index (χ0n) is 14.2. The van der Waals surface area contributed by atoms with Crippen molar-refractivity contribution in [2.24, 2.45) is 12.5 Å². The molecule has 3 rings (SSSR count). The molecule has 0 saturated carbocycles. The highest BCUT2D eigenvalue weighted by Crippen LogP contribution is 2.41. The summed E-state index contributed by atoms with van der Waals surface area (Å²) in [6.07, 6.45) is 5.46. The van der Waals surface area contributed by atoms with Gasteiger partial charge in [-0.3, -0.25) is 4.79 Å². The standard InChI is InChI=1S/C16H25N3O4S/c1-18-8-3-4-13(18)15(20)19-9-5-16(6-10-19)7-11-23-12-14(16)17-24(2,21)22/h3-4,8,14,17H,5-7,9-12H2,1-2H3. The molecule has 0 radical (unpaired) electrons. The summed E-state index contributed by atoms with van der Waals surface area (Å²) in [5, 5.41) is 0. The van der Waals surface area contributed by atoms with Crippen LogP contribution in [0.15, 0.2) is 18.3 Å². The minimum Gasteiger partial charge on any atom is -0.380 e. The molecular weight excluding hydrogens is 330 g/mol. The fourth-order valence-electron chi connectivity index (χ4n) is 3.84. The van der Waals surface area contributed by atoms with Gasteiger partial charge in [-0.15, -0.1) is 0 Å². The molecule has 1 amide bonds. The van der Waals surface area contributed by atoms with E-state index in [0.717, 1.165) is 19.3 Å². The molecule has 7 nitrogen and oxygen atoms in total. The monoisotopic (exact) mass is 355 g/mol. The second-order valence-electron chi connectivity index (χ2n) is 6.93. The maximum atomic E-state index is 12.6. The molecule has 2 aliphatic rings. The van der Waals surface area contributed by atoms with Crippen LogP contribution < -0.4 is 4.72 Å². The van der Waals surface area contributed by atoms with Crippen LogP contribution in [0.2, 0.25) is 0 Å². The number of sulfonamides is 1. The van der Waals surface area contributed by atoms with E-state index in [9.17, 15) is 13.2 Å². The number of hydrogen-bond donors (Lipinski definition) is 1. The van der Waals surface area contributed by atoms with E-state index in [1.54, 1.807) is 0 Å². The number of piperidine rings is 1. The zero-order chi connectivity index (χ0) is 17.4. The maximum absolute atomic E-state index is 12.6. The highest BCUT2D eigenvalue weighted by molar-refractivity contribution is 7.88. The fraction of sp³-hybridized carbons (Fsp3) is 0.688. The van der Waals surface area contributed by atoms with Gasteiger partial charge in [-0.1, -0.05) is 0 Å². The van der Waals surface area contributed by atoms with E-state index >= 15 is 0 Å². The Labute approximate surface area is 143 Å². The predicted molar refractivity (Wildman–Crippen MR) is 90.2 cm³/mol. The van der Waals surface area contributed by atoms with E-state index in [4.69, 9.17) is 4.74 Å². The summed E-state index contributed by atoms with van der Waals surface area (Å²) in [5.41, 5.74) is 0.565. The summed E-state index contributed by atoms with van der Waals surface area (Å²) >= 11 is 0. The molecule has 2 fully saturated rings. The van der Waals surface area contributed by atoms with Gasteiger partial charge in [0.1, 0.15) is 5.69 Å². The molecule has 0 bridgehead atoms. The Morgan fingerprint density at radius 3 is 2.62 bits per heavy atom. The number of nitrogens with zero attached hydrogens (tertiary/aromatic N) is 2. The van der Waals surface area contributed by atoms with Crippen molar-refractivity contribution < 1.29 is 17.9 Å². The number of carbonyl (C=O) groups excluding carboxylic acids is 1. The first-order chi connectivity index (χ1) is 11.3. The molecule has 3 heterocycles. The summed E-state index contributed by atoms with van der Waals surface area (Å²) in [6.45, 7) is 2.34. The minimum absolute atomic E-state index is 0.0389. The highest BCUT2D eigenvalue weighted by atomic mass is 32.2. The first kappa shape index (κ1) is 17.4. The Bertz CT molecular complexity index is 705. The van der Waals surface area contributed by atoms with Crippen LogP contribution in [0.1, 0.15) is 29.8 Å². The fourth-order valence-corrected chi connectivity index (χ4v) is 4.68. The molecule has 1 unspecified atom stereocenters. The number of nitrogens with one attached hydrogen (secondary N) is 1. The quantitative estimate of drug-likeness (QED) is 0.860. The molecule has 2 saturated heterocycles. The van der Waals surface area contributed by atoms with Crippen molar-refractivity contribution in [2.75, 3.05) is 32.6 Å². The Kier molecular flexibility index (Phi) is 4.72. The Morgan fingerprint density at radius 2 is 2.04 bits per heavy atom. The third-order valence-electron chi connectivity index (χ3n) is 5.33. The molecular formula is C16H25N3O4S. The van der Waals surface area contributed by atoms with Crippen LogP contribution in [-0.2, 0) is 21.8 Å². The van der Waals surface area contributed by atoms with Crippen molar-refractivity contribution in [3.63, 3.8) is 0 Å². The van der Waals surface area contributed by atoms with Gasteiger partial charge in [0.15, 0.2) is 0 Å². The third kappa shape index (κ3) is 3.50. The molecule has 24 heavy (non-hydrogen) atoms. The normalized spacial score (nSPS) is 24.2. The highest BCUT2D eigenvalue weighted by Gasteiger charge is 2.45. The lowest BCUT2D eigenvalue weighted by Gasteiger charge is -2.48. The molecule has 1 N–H and O–H groups in total. The van der Waals surface area contributed by atoms with Crippen LogP contribution in [0.25, 0.3) is 0 Å². The molecule has 0 aliphatic carbocycles. The van der Waals surface area contributed by atoms with Gasteiger partial charge in [0, 0.05) is 32.9 Å². The third-order valence-corrected chi connectivity index (χ3v) is 6.05. The lowest BCUT2D eigenvalue weighted by molar-refractivity contribution is -0.0401. The van der Waals surface area contributed by atoms with E-state index in [1.807, 2.05) is 34.8 Å². The van der Waals surface area contributed by atoms with Crippen molar-refractivity contribution in [1.82, 2.24) is 14.2 Å². The number of hydrogen-bond acceptors (Lipinski definition) is 4. The second-order valence-corrected chi connectivity index (χ2v) is 8.71. The summed E-state index contributed by atoms with van der Waals surface area (Å²) in [4.78, 5) is 14.5. The van der Waals surface area contributed by atoms with Crippen molar-refractivity contribution in [2.45, 2.75) is 25.3 Å². The summed E-state index contributed by atoms with van der Waals surface area (Å²) in [7, 11) is -1.42. The van der Waals surface area contributed by atoms with E-state index in [2.05, 4.69) is 4.72 Å². The van der Waals surface area contributed by atoms with Crippen LogP contribution in [0.3, 0.4) is 0 Å². The Hall–Kier alpha value is -1.38. The zero-order valence-corrected chi connectivity index (χ0v) is 15.0. The molecule has 1 atom stereocenters. The summed E-state index contributed by atoms with van der Waals surface area (Å²) in [6, 6.07) is 3.48. The van der Waals surface area contributed by atoms with Crippen LogP contribution in [0.4, 0.5) is 0 Å². The van der Waals surface area contributed by atoms with Gasteiger partial charge in [-0.05, 0) is 36.8 Å². The van der Waals surface area contributed by atoms with Gasteiger partial charge < -0.3 is 14.2 Å². The molecule has 1 aromatic heterocycles. The first-order valence-electron chi connectivity index (χ1n) is 8.26. The molecule has 134 valence electrons. The van der Waals surface area contributed by atoms with E-state index in [0.29, 0.717) is 32.0 Å². The molecule has 2 aliphatic heterocycles. The smallest absolute Gasteiger partial charge is 0.270 e. The number of likely N-dealkylation sites (tertiary alicyclic amines) is 1. The molecule has 0 aromatic carbocycles. The SMILES string of the molecule is Cn1cccc1C(=O)N1CCC2(CCOCC2NS(C)(=O)=O)CC1. The van der Waals surface area contributed by atoms with E-state index in [-0.39, 0.29) is 17.4 Å². The second kappa shape index (κ2) is 6.50. The minimum atomic E-state index is -3.28. The number of aromatic nitrogens is 1. The van der Waals surface area contributed by atoms with Crippen LogP contribution in [-0.4, -0.2) is 62.4 Å². The largest absolute Gasteiger partial charge is 0.380 e. The van der Waals surface area contributed by atoms with E-state index in [1.165, 1.54) is 6.26 Å². The van der Waals surface area contributed by atoms with Gasteiger partial charge >= 0.3 is 0 Å². The average Bonchev–Trinajstić information content (AvgIpc) is 2.95. The molecule has 8 heteroatoms. The van der Waals surface area contributed by atoms with Gasteiger partial charge in [0.05, 0.1) is 18.9 Å². The molecule has 1 aromatic rings. The van der Waals surface area contributed by atoms with Gasteiger partial charge in [-0.25, -0.2) is 13.1 Å². The van der Waals surface area contributed by atoms with Gasteiger partial charge in [-0.2, -0.15) is 0 Å². The van der Waals surface area contributed by atoms with Crippen molar-refractivity contribution in [3.05, 3.63) is 24.0 Å². The van der Waals surface area contributed by atoms with E-state index < -0.39 is 10.0 Å². The lowest BCUT2D eigenvalue weighted by Crippen LogP contribution is -2.57. The summed E-state index contributed by atoms with van der Waals surface area (Å²) in [5.74, 6) is 0.0389. The lowest BCUT2D eigenvalue weighted by atomic mass is 9.69. The maximum Gasteiger partial charge on any atom is 0.270 e. The Balaban J connectivity index is 1.70. The van der Waals surface area contributed by atoms with Crippen LogP contribution >= 0.6 is 0 Å². The van der Waals surface area contributed by atoms with Crippen LogP contribution in [0.5, 0.6) is 0 Å². The van der Waals surface area contributed by atoms with Gasteiger partial charge in [0.2, 0.25) is 10.0 Å². The van der Waals surface area contributed by atoms with Crippen molar-refractivity contribution in [3.8, 4) is 0 Å². The van der Waals surface area contributed by atoms with Gasteiger partial charge in [0.25, 0.3) is 5.91 Å². The number of carbonyl (C=O) groups is 1. The van der Waals surface area contributed by atoms with Crippen molar-refractivity contribution in [1.29, 1.82) is 0 Å². The predicted octanol–water partition coefficient (Wildman–Crippen LogP) is 0.586. The van der Waals surface area contributed by atoms with Crippen LogP contribution in [0, 0.1) is 5.41 Å². The first-order valence-corrected chi connectivity index (χ1v) is 10.2. The number of aryl methyl sites for hydroxylation is 1. The number of amides is 1. The topological polar surface area (TPSA) is 80.6 Å². The average molecular weight is 355 g/mol. The summed E-state index contributed by atoms with van der Waals surface area (Å²) < 4.78 is 33.4.